The number of esters is 1. The maximum Gasteiger partial charge on any atom is 0.348 e. The number of hydrogen-bond donors (Lipinski definition) is 0. The Labute approximate surface area is 246 Å². The summed E-state index contributed by atoms with van der Waals surface area (Å²) in [5.74, 6) is -0.684. The monoisotopic (exact) mass is 560 g/mol. The van der Waals surface area contributed by atoms with Gasteiger partial charge in [-0.05, 0) is 61.6 Å². The number of carbonyl (C=O) groups excluding carboxylic acids is 2. The normalized spacial score (nSPS) is 30.8. The predicted octanol–water partition coefficient (Wildman–Crippen LogP) is 6.55. The molecule has 0 radical (unpaired) electrons. The highest BCUT2D eigenvalue weighted by Crippen LogP contribution is 2.73. The fraction of sp³-hybridized carbons (Fsp3) is 0.389. The molecule has 42 heavy (non-hydrogen) atoms. The number of carbonyl (C=O) groups is 2. The van der Waals surface area contributed by atoms with Crippen LogP contribution in [0.15, 0.2) is 78.9 Å². The molecule has 1 aliphatic carbocycles. The van der Waals surface area contributed by atoms with Crippen molar-refractivity contribution in [2.75, 3.05) is 11.5 Å². The van der Waals surface area contributed by atoms with Crippen LogP contribution < -0.4 is 4.90 Å². The molecule has 0 amide bonds. The molecule has 4 heterocycles. The lowest BCUT2D eigenvalue weighted by Crippen LogP contribution is -2.66. The lowest BCUT2D eigenvalue weighted by atomic mass is 9.51. The largest absolute Gasteiger partial charge is 0.463 e. The predicted molar refractivity (Wildman–Crippen MR) is 162 cm³/mol. The highest BCUT2D eigenvalue weighted by Gasteiger charge is 2.86. The van der Waals surface area contributed by atoms with E-state index in [0.717, 1.165) is 42.5 Å². The van der Waals surface area contributed by atoms with Crippen molar-refractivity contribution in [2.45, 2.75) is 69.2 Å². The van der Waals surface area contributed by atoms with Crippen molar-refractivity contribution < 1.29 is 19.1 Å². The second kappa shape index (κ2) is 8.81. The van der Waals surface area contributed by atoms with Crippen LogP contribution in [-0.2, 0) is 32.7 Å². The van der Waals surface area contributed by atoms with Gasteiger partial charge in [0, 0.05) is 41.8 Å². The summed E-state index contributed by atoms with van der Waals surface area (Å²) in [6.07, 6.45) is 3.48. The summed E-state index contributed by atoms with van der Waals surface area (Å²) < 4.78 is 14.8. The van der Waals surface area contributed by atoms with E-state index >= 15 is 0 Å². The molecule has 3 aliphatic heterocycles. The van der Waals surface area contributed by atoms with Crippen LogP contribution in [-0.4, -0.2) is 40.2 Å². The number of para-hydroxylation sites is 2. The van der Waals surface area contributed by atoms with Crippen molar-refractivity contribution in [3.8, 4) is 11.3 Å². The summed E-state index contributed by atoms with van der Waals surface area (Å²) in [7, 11) is 2.10. The Kier molecular flexibility index (Phi) is 5.41. The average Bonchev–Trinajstić information content (AvgIpc) is 3.68. The van der Waals surface area contributed by atoms with Crippen molar-refractivity contribution in [3.05, 3.63) is 90.0 Å². The lowest BCUT2D eigenvalue weighted by Gasteiger charge is -2.50. The van der Waals surface area contributed by atoms with Crippen LogP contribution in [0.25, 0.3) is 22.2 Å². The summed E-state index contributed by atoms with van der Waals surface area (Å²) in [6, 6.07) is 27.3. The van der Waals surface area contributed by atoms with Gasteiger partial charge in [-0.2, -0.15) is 0 Å². The second-order valence-corrected chi connectivity index (χ2v) is 12.8. The maximum atomic E-state index is 14.5. The zero-order valence-corrected chi connectivity index (χ0v) is 24.4. The van der Waals surface area contributed by atoms with Gasteiger partial charge in [0.2, 0.25) is 5.60 Å². The Balaban J connectivity index is 1.21. The van der Waals surface area contributed by atoms with E-state index in [1.165, 1.54) is 22.2 Å². The van der Waals surface area contributed by atoms with Crippen molar-refractivity contribution in [1.82, 2.24) is 4.57 Å². The summed E-state index contributed by atoms with van der Waals surface area (Å²) >= 11 is 0. The number of ether oxygens (including phenoxy) is 2. The first-order valence-corrected chi connectivity index (χ1v) is 15.3. The van der Waals surface area contributed by atoms with E-state index < -0.39 is 28.6 Å². The Morgan fingerprint density at radius 1 is 1.00 bits per heavy atom. The minimum Gasteiger partial charge on any atom is -0.463 e. The number of fused-ring (bicyclic) bond motifs is 6. The Bertz CT molecular complexity index is 1760. The fourth-order valence-corrected chi connectivity index (χ4v) is 9.02. The molecule has 0 unspecified atom stereocenters. The summed E-state index contributed by atoms with van der Waals surface area (Å²) in [5.41, 5.74) is 3.87. The molecule has 6 nitrogen and oxygen atoms in total. The van der Waals surface area contributed by atoms with Gasteiger partial charge in [-0.3, -0.25) is 4.79 Å². The topological polar surface area (TPSA) is 60.8 Å². The third-order valence-corrected chi connectivity index (χ3v) is 10.9. The average molecular weight is 561 g/mol. The van der Waals surface area contributed by atoms with Gasteiger partial charge < -0.3 is 18.9 Å². The van der Waals surface area contributed by atoms with E-state index in [9.17, 15) is 9.59 Å². The maximum absolute atomic E-state index is 14.5. The summed E-state index contributed by atoms with van der Waals surface area (Å²) in [5, 5.41) is 1.22. The number of aromatic nitrogens is 1. The van der Waals surface area contributed by atoms with Crippen molar-refractivity contribution >= 4 is 28.3 Å². The van der Waals surface area contributed by atoms with Crippen LogP contribution in [0.5, 0.6) is 0 Å². The van der Waals surface area contributed by atoms with Crippen LogP contribution in [0.4, 0.5) is 5.69 Å². The lowest BCUT2D eigenvalue weighted by molar-refractivity contribution is -0.173. The van der Waals surface area contributed by atoms with Gasteiger partial charge in [0.25, 0.3) is 0 Å². The number of Topliss-reactive ketones (excluding diaryl/α,β-unsaturated/α-hetero) is 1. The molecule has 1 spiro atoms. The first-order valence-electron chi connectivity index (χ1n) is 15.3. The third kappa shape index (κ3) is 3.03. The standard InChI is InChI=1S/C36H36N2O4/c1-4-41-33(40)36-31-30(35(42-36)20-10-9-19-34(35,2)32(36)39)26-12-6-8-14-28(26)38(31)22-23-15-17-24(18-16-23)29-21-25-11-5-7-13-27(25)37(29)3/h5-8,11-18,21,30-31H,4,9-10,19-20,22H2,1-3H3/t30-,31+,34+,35-,36+/m1/s1. The SMILES string of the molecule is CCOC(=O)[C@@]12O[C@]3(CCCC[C@@]3(C)C1=O)[C@@H]1c3ccccc3N(Cc3ccc(-c4cc5ccccc5n4C)cc3)[C@@H]12. The number of benzene rings is 3. The Hall–Kier alpha value is -3.90. The number of rotatable bonds is 5. The van der Waals surface area contributed by atoms with Crippen LogP contribution in [0.2, 0.25) is 0 Å². The zero-order chi connectivity index (χ0) is 28.9. The number of anilines is 1. The molecule has 5 atom stereocenters. The van der Waals surface area contributed by atoms with Crippen molar-refractivity contribution in [2.24, 2.45) is 12.5 Å². The van der Waals surface area contributed by atoms with Crippen molar-refractivity contribution in [1.29, 1.82) is 0 Å². The van der Waals surface area contributed by atoms with Gasteiger partial charge in [-0.1, -0.05) is 73.5 Å². The van der Waals surface area contributed by atoms with E-state index in [4.69, 9.17) is 9.47 Å². The Morgan fingerprint density at radius 2 is 1.74 bits per heavy atom. The molecule has 6 heteroatoms. The van der Waals surface area contributed by atoms with Gasteiger partial charge in [-0.15, -0.1) is 0 Å². The number of aryl methyl sites for hydroxylation is 1. The highest BCUT2D eigenvalue weighted by atomic mass is 16.6. The summed E-state index contributed by atoms with van der Waals surface area (Å²) in [6.45, 7) is 4.62. The first-order chi connectivity index (χ1) is 20.4. The van der Waals surface area contributed by atoms with Crippen LogP contribution in [0, 0.1) is 5.41 Å². The minimum atomic E-state index is -1.62. The second-order valence-electron chi connectivity index (χ2n) is 12.8. The number of ketones is 1. The molecular weight excluding hydrogens is 524 g/mol. The van der Waals surface area contributed by atoms with Gasteiger partial charge in [-0.25, -0.2) is 4.79 Å². The number of hydrogen-bond acceptors (Lipinski definition) is 5. The summed E-state index contributed by atoms with van der Waals surface area (Å²) in [4.78, 5) is 30.7. The molecule has 0 N–H and O–H groups in total. The van der Waals surface area contributed by atoms with E-state index in [0.29, 0.717) is 6.54 Å². The molecule has 1 saturated carbocycles. The fourth-order valence-electron chi connectivity index (χ4n) is 9.02. The molecule has 2 saturated heterocycles. The molecule has 4 aromatic rings. The van der Waals surface area contributed by atoms with E-state index in [-0.39, 0.29) is 18.3 Å². The first kappa shape index (κ1) is 25.8. The quantitative estimate of drug-likeness (QED) is 0.205. The van der Waals surface area contributed by atoms with Gasteiger partial charge >= 0.3 is 5.97 Å². The zero-order valence-electron chi connectivity index (χ0n) is 24.4. The molecule has 214 valence electrons. The molecular formula is C36H36N2O4. The highest BCUT2D eigenvalue weighted by molar-refractivity contribution is 6.15. The third-order valence-electron chi connectivity index (χ3n) is 10.9. The number of nitrogens with zero attached hydrogens (tertiary/aromatic N) is 2. The van der Waals surface area contributed by atoms with Gasteiger partial charge in [0.1, 0.15) is 0 Å². The van der Waals surface area contributed by atoms with E-state index in [1.807, 2.05) is 6.92 Å². The Morgan fingerprint density at radius 3 is 2.52 bits per heavy atom. The van der Waals surface area contributed by atoms with E-state index in [1.54, 1.807) is 6.92 Å². The van der Waals surface area contributed by atoms with E-state index in [2.05, 4.69) is 95.4 Å². The molecule has 4 aliphatic rings. The van der Waals surface area contributed by atoms with Gasteiger partial charge in [0.05, 0.1) is 23.7 Å². The van der Waals surface area contributed by atoms with Crippen LogP contribution in [0.1, 0.15) is 56.6 Å². The minimum absolute atomic E-state index is 0.0730. The molecule has 2 bridgehead atoms. The molecule has 1 aromatic heterocycles. The van der Waals surface area contributed by atoms with Crippen molar-refractivity contribution in [3.63, 3.8) is 0 Å². The van der Waals surface area contributed by atoms with Crippen LogP contribution in [0.3, 0.4) is 0 Å². The smallest absolute Gasteiger partial charge is 0.348 e. The molecule has 3 fully saturated rings. The van der Waals surface area contributed by atoms with Crippen LogP contribution >= 0.6 is 0 Å². The van der Waals surface area contributed by atoms with Gasteiger partial charge in [0.15, 0.2) is 5.78 Å². The molecule has 8 rings (SSSR count). The molecule has 3 aromatic carbocycles.